The van der Waals surface area contributed by atoms with Gasteiger partial charge < -0.3 is 14.5 Å². The van der Waals surface area contributed by atoms with Gasteiger partial charge in [-0.3, -0.25) is 9.48 Å². The number of hydrogen-bond acceptors (Lipinski definition) is 4. The lowest BCUT2D eigenvalue weighted by atomic mass is 10.0. The van der Waals surface area contributed by atoms with Crippen molar-refractivity contribution in [3.05, 3.63) is 98.5 Å². The van der Waals surface area contributed by atoms with E-state index in [0.717, 1.165) is 11.3 Å². The quantitative estimate of drug-likeness (QED) is 0.263. The molecule has 0 bridgehead atoms. The lowest BCUT2D eigenvalue weighted by Crippen LogP contribution is -2.12. The van der Waals surface area contributed by atoms with E-state index in [9.17, 15) is 4.79 Å². The molecule has 2 heterocycles. The number of nitrogens with zero attached hydrogens (tertiary/aromatic N) is 2. The molecule has 0 saturated carbocycles. The van der Waals surface area contributed by atoms with Gasteiger partial charge in [-0.25, -0.2) is 0 Å². The van der Waals surface area contributed by atoms with Gasteiger partial charge in [-0.05, 0) is 53.4 Å². The second-order valence-electron chi connectivity index (χ2n) is 8.00. The van der Waals surface area contributed by atoms with E-state index in [4.69, 9.17) is 44.0 Å². The second kappa shape index (κ2) is 10.6. The Morgan fingerprint density at radius 2 is 1.79 bits per heavy atom. The normalized spacial score (nSPS) is 11.1. The number of aromatic nitrogens is 2. The summed E-state index contributed by atoms with van der Waals surface area (Å²) in [7, 11) is 0. The van der Waals surface area contributed by atoms with Crippen LogP contribution in [0.3, 0.4) is 0 Å². The van der Waals surface area contributed by atoms with Crippen LogP contribution >= 0.6 is 34.8 Å². The molecule has 1 amide bonds. The van der Waals surface area contributed by atoms with Gasteiger partial charge in [-0.2, -0.15) is 5.10 Å². The van der Waals surface area contributed by atoms with E-state index in [1.807, 2.05) is 30.3 Å². The van der Waals surface area contributed by atoms with Crippen LogP contribution < -0.4 is 10.1 Å². The Morgan fingerprint density at radius 3 is 2.50 bits per heavy atom. The summed E-state index contributed by atoms with van der Waals surface area (Å²) in [6, 6.07) is 16.5. The smallest absolute Gasteiger partial charge is 0.292 e. The summed E-state index contributed by atoms with van der Waals surface area (Å²) in [6.45, 7) is 4.89. The van der Waals surface area contributed by atoms with Crippen LogP contribution in [-0.4, -0.2) is 15.7 Å². The van der Waals surface area contributed by atoms with Crippen molar-refractivity contribution in [1.29, 1.82) is 0 Å². The van der Waals surface area contributed by atoms with Gasteiger partial charge in [-0.15, -0.1) is 0 Å². The van der Waals surface area contributed by atoms with E-state index in [1.165, 1.54) is 5.56 Å². The number of amides is 1. The zero-order valence-corrected chi connectivity index (χ0v) is 20.8. The Morgan fingerprint density at radius 1 is 1.03 bits per heavy atom. The van der Waals surface area contributed by atoms with Crippen LogP contribution in [0.4, 0.5) is 5.82 Å². The summed E-state index contributed by atoms with van der Waals surface area (Å²) in [5, 5.41) is 8.24. The first kappa shape index (κ1) is 24.2. The molecule has 4 rings (SSSR count). The fraction of sp³-hybridized carbons (Fsp3) is 0.200. The molecule has 176 valence electrons. The number of hydrogen-bond donors (Lipinski definition) is 1. The number of carbonyl (C=O) groups excluding carboxylic acids is 1. The standard InChI is InChI=1S/C25H22Cl3N3O3/c1-15(2)17-4-6-18(7-5-17)33-14-19-8-10-23(34-19)25(32)29-24-22(28)13-31(30-24)12-16-3-9-20(26)21(27)11-16/h3-11,13,15H,12,14H2,1-2H3,(H,29,30,32). The largest absolute Gasteiger partial charge is 0.486 e. The van der Waals surface area contributed by atoms with Gasteiger partial charge >= 0.3 is 0 Å². The van der Waals surface area contributed by atoms with E-state index in [2.05, 4.69) is 24.3 Å². The van der Waals surface area contributed by atoms with Crippen molar-refractivity contribution in [1.82, 2.24) is 9.78 Å². The highest BCUT2D eigenvalue weighted by Crippen LogP contribution is 2.25. The average Bonchev–Trinajstić information content (AvgIpc) is 3.42. The molecule has 6 nitrogen and oxygen atoms in total. The van der Waals surface area contributed by atoms with E-state index < -0.39 is 5.91 Å². The molecule has 2 aromatic heterocycles. The van der Waals surface area contributed by atoms with E-state index in [0.29, 0.717) is 33.3 Å². The van der Waals surface area contributed by atoms with Gasteiger partial charge in [0.2, 0.25) is 0 Å². The number of ether oxygens (including phenoxy) is 1. The predicted octanol–water partition coefficient (Wildman–Crippen LogP) is 7.44. The van der Waals surface area contributed by atoms with Crippen LogP contribution in [0.15, 0.2) is 65.2 Å². The molecule has 0 aliphatic heterocycles. The third kappa shape index (κ3) is 5.95. The lowest BCUT2D eigenvalue weighted by molar-refractivity contribution is 0.0992. The Bertz CT molecular complexity index is 1300. The Balaban J connectivity index is 1.35. The number of nitrogens with one attached hydrogen (secondary N) is 1. The molecule has 1 N–H and O–H groups in total. The van der Waals surface area contributed by atoms with Gasteiger partial charge in [0.05, 0.1) is 16.6 Å². The topological polar surface area (TPSA) is 69.3 Å². The molecule has 0 saturated heterocycles. The van der Waals surface area contributed by atoms with Crippen LogP contribution in [0.1, 0.15) is 47.2 Å². The number of anilines is 1. The first-order chi connectivity index (χ1) is 16.3. The fourth-order valence-corrected chi connectivity index (χ4v) is 3.76. The molecule has 4 aromatic rings. The van der Waals surface area contributed by atoms with Crippen LogP contribution in [0.5, 0.6) is 5.75 Å². The Labute approximate surface area is 212 Å². The zero-order chi connectivity index (χ0) is 24.2. The van der Waals surface area contributed by atoms with E-state index >= 15 is 0 Å². The molecule has 34 heavy (non-hydrogen) atoms. The van der Waals surface area contributed by atoms with Crippen molar-refractivity contribution in [2.45, 2.75) is 32.9 Å². The third-order valence-electron chi connectivity index (χ3n) is 5.09. The summed E-state index contributed by atoms with van der Waals surface area (Å²) in [4.78, 5) is 12.6. The molecule has 0 fully saturated rings. The van der Waals surface area contributed by atoms with Crippen molar-refractivity contribution < 1.29 is 13.9 Å². The van der Waals surface area contributed by atoms with Gasteiger partial charge in [0.1, 0.15) is 23.1 Å². The number of furan rings is 1. The number of benzene rings is 2. The highest BCUT2D eigenvalue weighted by Gasteiger charge is 2.16. The maximum absolute atomic E-state index is 12.6. The number of carbonyl (C=O) groups is 1. The first-order valence-corrected chi connectivity index (χ1v) is 11.7. The van der Waals surface area contributed by atoms with Crippen molar-refractivity contribution in [3.8, 4) is 5.75 Å². The van der Waals surface area contributed by atoms with Gasteiger partial charge in [0, 0.05) is 6.20 Å². The highest BCUT2D eigenvalue weighted by molar-refractivity contribution is 6.42. The maximum Gasteiger partial charge on any atom is 0.292 e. The van der Waals surface area contributed by atoms with Gasteiger partial charge in [0.25, 0.3) is 5.91 Å². The minimum atomic E-state index is -0.464. The fourth-order valence-electron chi connectivity index (χ4n) is 3.24. The van der Waals surface area contributed by atoms with E-state index in [1.54, 1.807) is 35.1 Å². The van der Waals surface area contributed by atoms with Gasteiger partial charge in [0.15, 0.2) is 11.6 Å². The molecule has 0 aliphatic carbocycles. The van der Waals surface area contributed by atoms with Crippen LogP contribution in [0, 0.1) is 0 Å². The lowest BCUT2D eigenvalue weighted by Gasteiger charge is -2.08. The van der Waals surface area contributed by atoms with Crippen molar-refractivity contribution >= 4 is 46.5 Å². The average molecular weight is 519 g/mol. The zero-order valence-electron chi connectivity index (χ0n) is 18.5. The molecule has 0 radical (unpaired) electrons. The van der Waals surface area contributed by atoms with Crippen LogP contribution in [-0.2, 0) is 13.2 Å². The highest BCUT2D eigenvalue weighted by atomic mass is 35.5. The third-order valence-corrected chi connectivity index (χ3v) is 6.11. The Kier molecular flexibility index (Phi) is 7.51. The minimum Gasteiger partial charge on any atom is -0.486 e. The summed E-state index contributed by atoms with van der Waals surface area (Å²) in [5.74, 6) is 1.60. The van der Waals surface area contributed by atoms with Crippen molar-refractivity contribution in [3.63, 3.8) is 0 Å². The molecular weight excluding hydrogens is 497 g/mol. The summed E-state index contributed by atoms with van der Waals surface area (Å²) >= 11 is 18.3. The maximum atomic E-state index is 12.6. The number of rotatable bonds is 8. The predicted molar refractivity (Wildman–Crippen MR) is 134 cm³/mol. The van der Waals surface area contributed by atoms with Gasteiger partial charge in [-0.1, -0.05) is 66.8 Å². The molecule has 9 heteroatoms. The van der Waals surface area contributed by atoms with Crippen molar-refractivity contribution in [2.24, 2.45) is 0 Å². The SMILES string of the molecule is CC(C)c1ccc(OCc2ccc(C(=O)Nc3nn(Cc4ccc(Cl)c(Cl)c4)cc3Cl)o2)cc1. The molecular formula is C25H22Cl3N3O3. The summed E-state index contributed by atoms with van der Waals surface area (Å²) in [5.41, 5.74) is 2.13. The Hall–Kier alpha value is -2.93. The summed E-state index contributed by atoms with van der Waals surface area (Å²) < 4.78 is 13.0. The molecule has 0 atom stereocenters. The van der Waals surface area contributed by atoms with Crippen molar-refractivity contribution in [2.75, 3.05) is 5.32 Å². The van der Waals surface area contributed by atoms with Crippen LogP contribution in [0.25, 0.3) is 0 Å². The molecule has 0 aliphatic rings. The molecule has 0 spiro atoms. The molecule has 0 unspecified atom stereocenters. The van der Waals surface area contributed by atoms with E-state index in [-0.39, 0.29) is 18.2 Å². The second-order valence-corrected chi connectivity index (χ2v) is 9.23. The molecule has 2 aromatic carbocycles. The first-order valence-electron chi connectivity index (χ1n) is 10.6. The van der Waals surface area contributed by atoms with Crippen LogP contribution in [0.2, 0.25) is 15.1 Å². The monoisotopic (exact) mass is 517 g/mol. The summed E-state index contributed by atoms with van der Waals surface area (Å²) in [6.07, 6.45) is 1.62. The minimum absolute atomic E-state index is 0.129. The number of halogens is 3.